The Hall–Kier alpha value is -1.88. The number of nitrogens with one attached hydrogen (secondary N) is 1. The minimum absolute atomic E-state index is 0.0404. The summed E-state index contributed by atoms with van der Waals surface area (Å²) in [5, 5.41) is 12.1. The van der Waals surface area contributed by atoms with E-state index in [-0.39, 0.29) is 11.8 Å². The maximum Gasteiger partial charge on any atom is 0.371 e. The molecule has 19 heavy (non-hydrogen) atoms. The highest BCUT2D eigenvalue weighted by Crippen LogP contribution is 2.23. The lowest BCUT2D eigenvalue weighted by atomic mass is 10.2. The lowest BCUT2D eigenvalue weighted by molar-refractivity contribution is 0.0660. The van der Waals surface area contributed by atoms with Crippen LogP contribution in [0, 0.1) is 0 Å². The number of aromatic carboxylic acids is 1. The summed E-state index contributed by atoms with van der Waals surface area (Å²) in [4.78, 5) is 11.9. The predicted octanol–water partition coefficient (Wildman–Crippen LogP) is 3.87. The predicted molar refractivity (Wildman–Crippen MR) is 75.9 cm³/mol. The highest BCUT2D eigenvalue weighted by atomic mass is 32.2. The molecular weight excluding hydrogens is 262 g/mol. The Labute approximate surface area is 115 Å². The largest absolute Gasteiger partial charge is 0.475 e. The van der Waals surface area contributed by atoms with Crippen molar-refractivity contribution in [3.63, 3.8) is 0 Å². The van der Waals surface area contributed by atoms with Gasteiger partial charge >= 0.3 is 5.97 Å². The van der Waals surface area contributed by atoms with Gasteiger partial charge in [-0.3, -0.25) is 0 Å². The van der Waals surface area contributed by atoms with Crippen molar-refractivity contribution in [2.75, 3.05) is 11.6 Å². The quantitative estimate of drug-likeness (QED) is 0.812. The van der Waals surface area contributed by atoms with Gasteiger partial charge in [-0.15, -0.1) is 11.8 Å². The molecule has 0 fully saturated rings. The molecule has 0 aliphatic rings. The van der Waals surface area contributed by atoms with Crippen molar-refractivity contribution < 1.29 is 14.3 Å². The fourth-order valence-corrected chi connectivity index (χ4v) is 2.12. The molecule has 1 atom stereocenters. The summed E-state index contributed by atoms with van der Waals surface area (Å²) in [6.07, 6.45) is 2.03. The number of furan rings is 1. The lowest BCUT2D eigenvalue weighted by Gasteiger charge is -2.13. The van der Waals surface area contributed by atoms with Crippen molar-refractivity contribution in [3.8, 4) is 0 Å². The summed E-state index contributed by atoms with van der Waals surface area (Å²) in [7, 11) is 0. The van der Waals surface area contributed by atoms with Gasteiger partial charge in [0.2, 0.25) is 5.76 Å². The minimum Gasteiger partial charge on any atom is -0.475 e. The van der Waals surface area contributed by atoms with Crippen molar-refractivity contribution >= 4 is 23.4 Å². The van der Waals surface area contributed by atoms with E-state index in [1.165, 1.54) is 11.0 Å². The van der Waals surface area contributed by atoms with Crippen LogP contribution in [-0.2, 0) is 0 Å². The highest BCUT2D eigenvalue weighted by molar-refractivity contribution is 7.98. The van der Waals surface area contributed by atoms with Gasteiger partial charge in [0, 0.05) is 10.6 Å². The van der Waals surface area contributed by atoms with Gasteiger partial charge in [0.25, 0.3) is 0 Å². The van der Waals surface area contributed by atoms with Crippen LogP contribution >= 0.6 is 11.8 Å². The Bertz CT molecular complexity index is 562. The first-order valence-corrected chi connectivity index (χ1v) is 7.06. The number of carbonyl (C=O) groups is 1. The zero-order chi connectivity index (χ0) is 13.8. The Morgan fingerprint density at radius 1 is 1.26 bits per heavy atom. The molecular formula is C14H15NO3S. The van der Waals surface area contributed by atoms with Crippen molar-refractivity contribution in [2.24, 2.45) is 0 Å². The van der Waals surface area contributed by atoms with Gasteiger partial charge in [0.15, 0.2) is 0 Å². The van der Waals surface area contributed by atoms with E-state index in [0.29, 0.717) is 5.76 Å². The van der Waals surface area contributed by atoms with E-state index >= 15 is 0 Å². The molecule has 0 saturated heterocycles. The van der Waals surface area contributed by atoms with E-state index in [1.807, 2.05) is 37.4 Å². The molecule has 2 rings (SSSR count). The molecule has 2 aromatic rings. The van der Waals surface area contributed by atoms with Crippen molar-refractivity contribution in [2.45, 2.75) is 17.9 Å². The van der Waals surface area contributed by atoms with Crippen LogP contribution in [0.1, 0.15) is 29.3 Å². The van der Waals surface area contributed by atoms with Gasteiger partial charge in [-0.25, -0.2) is 4.79 Å². The number of hydrogen-bond acceptors (Lipinski definition) is 4. The molecule has 4 nitrogen and oxygen atoms in total. The Kier molecular flexibility index (Phi) is 4.16. The van der Waals surface area contributed by atoms with E-state index in [9.17, 15) is 4.79 Å². The smallest absolute Gasteiger partial charge is 0.371 e. The zero-order valence-electron chi connectivity index (χ0n) is 10.7. The first kappa shape index (κ1) is 13.5. The molecule has 0 aliphatic carbocycles. The highest BCUT2D eigenvalue weighted by Gasteiger charge is 2.13. The zero-order valence-corrected chi connectivity index (χ0v) is 11.5. The van der Waals surface area contributed by atoms with Crippen LogP contribution in [0.25, 0.3) is 0 Å². The number of hydrogen-bond donors (Lipinski definition) is 2. The summed E-state index contributed by atoms with van der Waals surface area (Å²) in [5.41, 5.74) is 0.971. The van der Waals surface area contributed by atoms with Crippen LogP contribution in [0.4, 0.5) is 5.69 Å². The topological polar surface area (TPSA) is 62.5 Å². The molecule has 5 heteroatoms. The van der Waals surface area contributed by atoms with Crippen LogP contribution in [0.2, 0.25) is 0 Å². The van der Waals surface area contributed by atoms with Crippen LogP contribution in [-0.4, -0.2) is 17.3 Å². The molecule has 0 amide bonds. The molecule has 1 aromatic carbocycles. The molecule has 1 heterocycles. The summed E-state index contributed by atoms with van der Waals surface area (Å²) in [5.74, 6) is -0.490. The van der Waals surface area contributed by atoms with E-state index < -0.39 is 5.97 Å². The van der Waals surface area contributed by atoms with Gasteiger partial charge in [-0.2, -0.15) is 0 Å². The van der Waals surface area contributed by atoms with Crippen LogP contribution in [0.3, 0.4) is 0 Å². The van der Waals surface area contributed by atoms with Crippen LogP contribution < -0.4 is 5.32 Å². The second-order valence-corrected chi connectivity index (χ2v) is 4.98. The third kappa shape index (κ3) is 3.32. The van der Waals surface area contributed by atoms with Gasteiger partial charge in [0.05, 0.1) is 6.04 Å². The number of thioether (sulfide) groups is 1. The number of rotatable bonds is 5. The Balaban J connectivity index is 2.06. The molecule has 0 saturated carbocycles. The average Bonchev–Trinajstić information content (AvgIpc) is 2.89. The van der Waals surface area contributed by atoms with Crippen LogP contribution in [0.5, 0.6) is 0 Å². The standard InChI is InChI=1S/C14H15NO3S/c1-9(12-7-8-13(18-12)14(16)17)15-10-3-5-11(19-2)6-4-10/h3-9,15H,1-2H3,(H,16,17). The third-order valence-corrected chi connectivity index (χ3v) is 3.48. The molecule has 1 aromatic heterocycles. The second kappa shape index (κ2) is 5.84. The first-order valence-electron chi connectivity index (χ1n) is 5.84. The van der Waals surface area contributed by atoms with E-state index in [0.717, 1.165) is 5.69 Å². The average molecular weight is 277 g/mol. The molecule has 100 valence electrons. The van der Waals surface area contributed by atoms with Gasteiger partial charge in [-0.05, 0) is 49.6 Å². The van der Waals surface area contributed by atoms with E-state index in [4.69, 9.17) is 9.52 Å². The van der Waals surface area contributed by atoms with E-state index in [1.54, 1.807) is 17.8 Å². The van der Waals surface area contributed by atoms with Gasteiger partial charge < -0.3 is 14.8 Å². The molecule has 2 N–H and O–H groups in total. The number of carboxylic acid groups (broad SMARTS) is 1. The summed E-state index contributed by atoms with van der Waals surface area (Å²) in [6.45, 7) is 1.92. The second-order valence-electron chi connectivity index (χ2n) is 4.10. The minimum atomic E-state index is -1.05. The van der Waals surface area contributed by atoms with Gasteiger partial charge in [0.1, 0.15) is 5.76 Å². The fraction of sp³-hybridized carbons (Fsp3) is 0.214. The number of benzene rings is 1. The maximum atomic E-state index is 10.7. The van der Waals surface area contributed by atoms with Gasteiger partial charge in [-0.1, -0.05) is 0 Å². The van der Waals surface area contributed by atoms with Crippen LogP contribution in [0.15, 0.2) is 45.7 Å². The first-order chi connectivity index (χ1) is 9.10. The molecule has 0 radical (unpaired) electrons. The van der Waals surface area contributed by atoms with Crippen molar-refractivity contribution in [1.29, 1.82) is 0 Å². The maximum absolute atomic E-state index is 10.7. The molecule has 0 spiro atoms. The summed E-state index contributed by atoms with van der Waals surface area (Å²) < 4.78 is 5.26. The van der Waals surface area contributed by atoms with Crippen molar-refractivity contribution in [3.05, 3.63) is 47.9 Å². The lowest BCUT2D eigenvalue weighted by Crippen LogP contribution is -2.05. The molecule has 0 aliphatic heterocycles. The Morgan fingerprint density at radius 2 is 1.95 bits per heavy atom. The van der Waals surface area contributed by atoms with E-state index in [2.05, 4.69) is 5.32 Å². The molecule has 0 bridgehead atoms. The normalized spacial score (nSPS) is 12.1. The fourth-order valence-electron chi connectivity index (χ4n) is 1.71. The van der Waals surface area contributed by atoms with Crippen molar-refractivity contribution in [1.82, 2.24) is 0 Å². The SMILES string of the molecule is CSc1ccc(NC(C)c2ccc(C(=O)O)o2)cc1. The number of carboxylic acids is 1. The monoisotopic (exact) mass is 277 g/mol. The third-order valence-electron chi connectivity index (χ3n) is 2.74. The Morgan fingerprint density at radius 3 is 2.47 bits per heavy atom. The molecule has 1 unspecified atom stereocenters. The summed E-state index contributed by atoms with van der Waals surface area (Å²) in [6, 6.07) is 11.1. The summed E-state index contributed by atoms with van der Waals surface area (Å²) >= 11 is 1.69. The number of anilines is 1.